The first-order chi connectivity index (χ1) is 18.6. The molecule has 5 rings (SSSR count). The molecule has 3 atom stereocenters. The molecule has 2 aromatic carbocycles. The van der Waals surface area contributed by atoms with E-state index in [0.29, 0.717) is 5.56 Å². The molecular weight excluding hydrogens is 544 g/mol. The fourth-order valence-corrected chi connectivity index (χ4v) is 5.78. The van der Waals surface area contributed by atoms with Gasteiger partial charge in [-0.2, -0.15) is 13.2 Å². The lowest BCUT2D eigenvalue weighted by Crippen LogP contribution is -2.47. The Morgan fingerprint density at radius 2 is 1.87 bits per heavy atom. The minimum atomic E-state index is -4.75. The van der Waals surface area contributed by atoms with Crippen molar-refractivity contribution in [3.05, 3.63) is 101 Å². The van der Waals surface area contributed by atoms with Gasteiger partial charge in [0.25, 0.3) is 5.91 Å². The molecule has 0 unspecified atom stereocenters. The number of rotatable bonds is 4. The molecule has 2 aliphatic heterocycles. The Morgan fingerprint density at radius 1 is 1.10 bits per heavy atom. The molecule has 1 N–H and O–H groups in total. The number of amidine groups is 1. The largest absolute Gasteiger partial charge is 0.415 e. The zero-order valence-electron chi connectivity index (χ0n) is 19.9. The van der Waals surface area contributed by atoms with Gasteiger partial charge >= 0.3 is 6.18 Å². The number of aromatic nitrogens is 1. The van der Waals surface area contributed by atoms with Crippen LogP contribution in [0.5, 0.6) is 0 Å². The van der Waals surface area contributed by atoms with Crippen LogP contribution in [0.1, 0.15) is 27.2 Å². The van der Waals surface area contributed by atoms with Crippen LogP contribution in [0, 0.1) is 17.6 Å². The van der Waals surface area contributed by atoms with Gasteiger partial charge < -0.3 is 10.1 Å². The smallest absolute Gasteiger partial charge is 0.365 e. The second-order valence-electron chi connectivity index (χ2n) is 8.95. The van der Waals surface area contributed by atoms with Crippen molar-refractivity contribution in [3.63, 3.8) is 0 Å². The Morgan fingerprint density at radius 3 is 2.56 bits per heavy atom. The highest BCUT2D eigenvalue weighted by Crippen LogP contribution is 2.52. The van der Waals surface area contributed by atoms with Crippen molar-refractivity contribution in [1.82, 2.24) is 10.3 Å². The lowest BCUT2D eigenvalue weighted by Gasteiger charge is -2.37. The molecular formula is C27H19F6N3O2S. The SMILES string of the molecule is O=C(NC1=N[C@@]2(c3cc(/C=C(\F)c4ccc(F)cn4)ccc3F)CO[C@H](C(F)(F)F)[C@H]2CS1)c1ccccc1. The summed E-state index contributed by atoms with van der Waals surface area (Å²) in [6.45, 7) is -0.612. The number of hydrogen-bond acceptors (Lipinski definition) is 5. The average molecular weight is 564 g/mol. The van der Waals surface area contributed by atoms with Gasteiger partial charge in [0.1, 0.15) is 23.0 Å². The topological polar surface area (TPSA) is 63.6 Å². The molecule has 1 amide bonds. The average Bonchev–Trinajstić information content (AvgIpc) is 3.31. The number of aliphatic imine (C=N–C) groups is 1. The fourth-order valence-electron chi connectivity index (χ4n) is 4.60. The van der Waals surface area contributed by atoms with Crippen molar-refractivity contribution >= 4 is 34.7 Å². The van der Waals surface area contributed by atoms with Gasteiger partial charge in [0, 0.05) is 22.8 Å². The molecule has 3 aromatic rings. The highest BCUT2D eigenvalue weighted by molar-refractivity contribution is 8.13. The predicted octanol–water partition coefficient (Wildman–Crippen LogP) is 6.13. The summed E-state index contributed by atoms with van der Waals surface area (Å²) in [7, 11) is 0. The zero-order valence-corrected chi connectivity index (χ0v) is 20.7. The number of benzene rings is 2. The normalized spacial score (nSPS) is 23.2. The molecule has 3 heterocycles. The number of halogens is 6. The first kappa shape index (κ1) is 26.9. The lowest BCUT2D eigenvalue weighted by molar-refractivity contribution is -0.215. The first-order valence-electron chi connectivity index (χ1n) is 11.6. The van der Waals surface area contributed by atoms with E-state index in [9.17, 15) is 26.7 Å². The number of fused-ring (bicyclic) bond motifs is 1. The number of hydrogen-bond donors (Lipinski definition) is 1. The van der Waals surface area contributed by atoms with Crippen molar-refractivity contribution in [2.24, 2.45) is 10.9 Å². The molecule has 5 nitrogen and oxygen atoms in total. The Kier molecular flexibility index (Phi) is 7.25. The van der Waals surface area contributed by atoms with Crippen LogP contribution in [0.4, 0.5) is 26.3 Å². The standard InChI is InChI=1S/C27H19F6N3O2S/c28-17-7-9-22(34-12-17)21(30)11-15-6-8-20(29)18(10-15)26-14-38-23(27(31,32)33)19(26)13-39-25(36-26)35-24(37)16-4-2-1-3-5-16/h1-12,19,23H,13-14H2,(H,35,36,37)/b21-11-/t19-,23+,26-/m1/s1. The van der Waals surface area contributed by atoms with Crippen LogP contribution in [-0.2, 0) is 10.3 Å². The van der Waals surface area contributed by atoms with Gasteiger partial charge in [0.05, 0.1) is 18.5 Å². The van der Waals surface area contributed by atoms with Crippen molar-refractivity contribution < 1.29 is 35.9 Å². The molecule has 0 bridgehead atoms. The molecule has 2 aliphatic rings. The van der Waals surface area contributed by atoms with Crippen LogP contribution in [0.3, 0.4) is 0 Å². The number of pyridine rings is 1. The second-order valence-corrected chi connectivity index (χ2v) is 9.95. The Labute approximate surface area is 223 Å². The van der Waals surface area contributed by atoms with Crippen molar-refractivity contribution in [2.75, 3.05) is 12.4 Å². The molecule has 0 radical (unpaired) electrons. The number of carbonyl (C=O) groups excluding carboxylic acids is 1. The molecule has 0 spiro atoms. The van der Waals surface area contributed by atoms with Crippen LogP contribution in [-0.4, -0.2) is 40.7 Å². The summed E-state index contributed by atoms with van der Waals surface area (Å²) in [5.41, 5.74) is -1.85. The van der Waals surface area contributed by atoms with Crippen LogP contribution < -0.4 is 5.32 Å². The Hall–Kier alpha value is -3.64. The van der Waals surface area contributed by atoms with Gasteiger partial charge in [0.15, 0.2) is 11.3 Å². The van der Waals surface area contributed by atoms with E-state index in [2.05, 4.69) is 15.3 Å². The molecule has 1 aromatic heterocycles. The first-order valence-corrected chi connectivity index (χ1v) is 12.6. The van der Waals surface area contributed by atoms with Gasteiger partial charge in [-0.3, -0.25) is 9.78 Å². The third kappa shape index (κ3) is 5.44. The van der Waals surface area contributed by atoms with Gasteiger partial charge in [-0.25, -0.2) is 18.2 Å². The summed E-state index contributed by atoms with van der Waals surface area (Å²) in [5, 5.41) is 2.60. The third-order valence-corrected chi connectivity index (χ3v) is 7.46. The van der Waals surface area contributed by atoms with E-state index in [1.54, 1.807) is 30.3 Å². The number of carbonyl (C=O) groups is 1. The highest BCUT2D eigenvalue weighted by atomic mass is 32.2. The maximum absolute atomic E-state index is 15.3. The summed E-state index contributed by atoms with van der Waals surface area (Å²) in [6, 6.07) is 13.7. The van der Waals surface area contributed by atoms with E-state index in [-0.39, 0.29) is 27.7 Å². The molecule has 1 saturated heterocycles. The quantitative estimate of drug-likeness (QED) is 0.388. The van der Waals surface area contributed by atoms with Crippen LogP contribution >= 0.6 is 11.8 Å². The van der Waals surface area contributed by atoms with E-state index in [0.717, 1.165) is 42.2 Å². The van der Waals surface area contributed by atoms with E-state index in [4.69, 9.17) is 4.74 Å². The monoisotopic (exact) mass is 563 g/mol. The Balaban J connectivity index is 1.56. The fraction of sp³-hybridized carbons (Fsp3) is 0.222. The van der Waals surface area contributed by atoms with E-state index < -0.39 is 53.7 Å². The second kappa shape index (κ2) is 10.5. The Bertz CT molecular complexity index is 1450. The summed E-state index contributed by atoms with van der Waals surface area (Å²) < 4.78 is 90.0. The van der Waals surface area contributed by atoms with E-state index in [1.807, 2.05) is 0 Å². The highest BCUT2D eigenvalue weighted by Gasteiger charge is 2.62. The summed E-state index contributed by atoms with van der Waals surface area (Å²) in [5.74, 6) is -4.43. The third-order valence-electron chi connectivity index (χ3n) is 6.46. The summed E-state index contributed by atoms with van der Waals surface area (Å²) in [6.07, 6.45) is -5.14. The van der Waals surface area contributed by atoms with Gasteiger partial charge in [0.2, 0.25) is 0 Å². The number of nitrogens with one attached hydrogen (secondary N) is 1. The minimum absolute atomic E-state index is 0.00793. The van der Waals surface area contributed by atoms with Gasteiger partial charge in [-0.1, -0.05) is 36.0 Å². The maximum Gasteiger partial charge on any atom is 0.415 e. The summed E-state index contributed by atoms with van der Waals surface area (Å²) >= 11 is 0.900. The predicted molar refractivity (Wildman–Crippen MR) is 134 cm³/mol. The maximum atomic E-state index is 15.3. The number of nitrogens with zero attached hydrogens (tertiary/aromatic N) is 2. The lowest BCUT2D eigenvalue weighted by atomic mass is 9.78. The van der Waals surface area contributed by atoms with Crippen molar-refractivity contribution in [1.29, 1.82) is 0 Å². The zero-order chi connectivity index (χ0) is 27.8. The minimum Gasteiger partial charge on any atom is -0.365 e. The summed E-state index contributed by atoms with van der Waals surface area (Å²) in [4.78, 5) is 20.8. The van der Waals surface area contributed by atoms with E-state index in [1.165, 1.54) is 12.1 Å². The number of alkyl halides is 3. The van der Waals surface area contributed by atoms with Crippen LogP contribution in [0.15, 0.2) is 71.9 Å². The molecule has 1 fully saturated rings. The molecule has 39 heavy (non-hydrogen) atoms. The van der Waals surface area contributed by atoms with Crippen LogP contribution in [0.25, 0.3) is 11.9 Å². The molecule has 0 aliphatic carbocycles. The van der Waals surface area contributed by atoms with Crippen molar-refractivity contribution in [2.45, 2.75) is 17.8 Å². The molecule has 0 saturated carbocycles. The van der Waals surface area contributed by atoms with Crippen LogP contribution in [0.2, 0.25) is 0 Å². The van der Waals surface area contributed by atoms with E-state index >= 15 is 4.39 Å². The van der Waals surface area contributed by atoms with Gasteiger partial charge in [-0.15, -0.1) is 0 Å². The molecule has 12 heteroatoms. The number of ether oxygens (including phenoxy) is 1. The molecule has 202 valence electrons. The number of amides is 1. The van der Waals surface area contributed by atoms with Crippen molar-refractivity contribution in [3.8, 4) is 0 Å². The number of thioether (sulfide) groups is 1. The van der Waals surface area contributed by atoms with Gasteiger partial charge in [-0.05, 0) is 48.0 Å².